The van der Waals surface area contributed by atoms with Gasteiger partial charge in [-0.1, -0.05) is 29.8 Å². The Hall–Kier alpha value is -3.26. The topological polar surface area (TPSA) is 98.5 Å². The third kappa shape index (κ3) is 3.97. The number of hydrogen-bond donors (Lipinski definition) is 0. The van der Waals surface area contributed by atoms with Gasteiger partial charge >= 0.3 is 0 Å². The van der Waals surface area contributed by atoms with Crippen LogP contribution in [-0.4, -0.2) is 45.1 Å². The van der Waals surface area contributed by atoms with E-state index in [4.69, 9.17) is 16.3 Å². The summed E-state index contributed by atoms with van der Waals surface area (Å²) in [5.41, 5.74) is -0.0225. The number of likely N-dealkylation sites (tertiary alicyclic amines) is 1. The quantitative estimate of drug-likeness (QED) is 0.476. The number of nitrogens with zero attached hydrogens (tertiary/aromatic N) is 4. The maximum atomic E-state index is 12.8. The van der Waals surface area contributed by atoms with Gasteiger partial charge in [-0.3, -0.25) is 14.9 Å². The first kappa shape index (κ1) is 19.1. The lowest BCUT2D eigenvalue weighted by molar-refractivity contribution is -0.384. The molecule has 0 saturated carbocycles. The average Bonchev–Trinajstić information content (AvgIpc) is 2.74. The van der Waals surface area contributed by atoms with Gasteiger partial charge in [-0.15, -0.1) is 5.10 Å². The Labute approximate surface area is 171 Å². The molecule has 2 aromatic carbocycles. The lowest BCUT2D eigenvalue weighted by Crippen LogP contribution is -2.42. The highest BCUT2D eigenvalue weighted by Crippen LogP contribution is 2.27. The van der Waals surface area contributed by atoms with Gasteiger partial charge in [-0.05, 0) is 12.1 Å². The van der Waals surface area contributed by atoms with Crippen LogP contribution in [0, 0.1) is 10.1 Å². The molecule has 0 aliphatic carbocycles. The zero-order chi connectivity index (χ0) is 20.4. The highest BCUT2D eigenvalue weighted by Gasteiger charge is 2.27. The van der Waals surface area contributed by atoms with Crippen molar-refractivity contribution < 1.29 is 14.5 Å². The molecule has 148 valence electrons. The van der Waals surface area contributed by atoms with Crippen molar-refractivity contribution in [1.82, 2.24) is 15.1 Å². The Morgan fingerprint density at radius 3 is 2.72 bits per heavy atom. The summed E-state index contributed by atoms with van der Waals surface area (Å²) in [7, 11) is 0. The number of amides is 1. The van der Waals surface area contributed by atoms with Crippen LogP contribution in [0.15, 0.2) is 48.7 Å². The average molecular weight is 413 g/mol. The minimum atomic E-state index is -0.543. The Morgan fingerprint density at radius 1 is 1.21 bits per heavy atom. The Bertz CT molecular complexity index is 1080. The summed E-state index contributed by atoms with van der Waals surface area (Å²) in [5.74, 6) is 0.164. The van der Waals surface area contributed by atoms with Crippen LogP contribution in [0.5, 0.6) is 5.88 Å². The van der Waals surface area contributed by atoms with Crippen molar-refractivity contribution in [2.75, 3.05) is 13.1 Å². The SMILES string of the molecule is O=C(c1cc([N+](=O)[O-])ccc1Cl)N1CCC(Oc2nncc3ccccc23)CC1. The predicted molar refractivity (Wildman–Crippen MR) is 107 cm³/mol. The predicted octanol–water partition coefficient (Wildman–Crippen LogP) is 3.88. The van der Waals surface area contributed by atoms with E-state index in [1.165, 1.54) is 18.2 Å². The molecular formula is C20H17ClN4O4. The molecule has 3 aromatic rings. The molecular weight excluding hydrogens is 396 g/mol. The normalized spacial score (nSPS) is 14.7. The van der Waals surface area contributed by atoms with Crippen molar-refractivity contribution in [3.05, 3.63) is 69.4 Å². The van der Waals surface area contributed by atoms with Crippen LogP contribution in [0.4, 0.5) is 5.69 Å². The first-order chi connectivity index (χ1) is 14.0. The van der Waals surface area contributed by atoms with Gasteiger partial charge in [0.05, 0.1) is 21.7 Å². The summed E-state index contributed by atoms with van der Waals surface area (Å²) >= 11 is 6.10. The molecule has 0 bridgehead atoms. The number of carbonyl (C=O) groups is 1. The molecule has 2 heterocycles. The molecule has 8 nitrogen and oxygen atoms in total. The van der Waals surface area contributed by atoms with Crippen molar-refractivity contribution in [3.8, 4) is 5.88 Å². The summed E-state index contributed by atoms with van der Waals surface area (Å²) in [6, 6.07) is 11.6. The molecule has 1 aliphatic heterocycles. The first-order valence-corrected chi connectivity index (χ1v) is 9.51. The van der Waals surface area contributed by atoms with E-state index in [2.05, 4.69) is 10.2 Å². The largest absolute Gasteiger partial charge is 0.473 e. The summed E-state index contributed by atoms with van der Waals surface area (Å²) in [4.78, 5) is 24.9. The molecule has 0 unspecified atom stereocenters. The fourth-order valence-corrected chi connectivity index (χ4v) is 3.58. The number of halogens is 1. The van der Waals surface area contributed by atoms with Crippen LogP contribution >= 0.6 is 11.6 Å². The summed E-state index contributed by atoms with van der Waals surface area (Å²) in [6.07, 6.45) is 2.82. The highest BCUT2D eigenvalue weighted by atomic mass is 35.5. The number of ether oxygens (including phenoxy) is 1. The van der Waals surface area contributed by atoms with Gasteiger partial charge in [-0.2, -0.15) is 5.10 Å². The summed E-state index contributed by atoms with van der Waals surface area (Å²) in [5, 5.41) is 21.1. The number of carbonyl (C=O) groups excluding carboxylic acids is 1. The lowest BCUT2D eigenvalue weighted by Gasteiger charge is -2.32. The molecule has 0 atom stereocenters. The van der Waals surface area contributed by atoms with E-state index >= 15 is 0 Å². The molecule has 0 N–H and O–H groups in total. The van der Waals surface area contributed by atoms with Gasteiger partial charge in [0.2, 0.25) is 5.88 Å². The van der Waals surface area contributed by atoms with E-state index in [-0.39, 0.29) is 28.3 Å². The second-order valence-corrected chi connectivity index (χ2v) is 7.17. The summed E-state index contributed by atoms with van der Waals surface area (Å²) in [6.45, 7) is 0.918. The number of piperidine rings is 1. The Balaban J connectivity index is 1.44. The van der Waals surface area contributed by atoms with Gasteiger partial charge in [0.25, 0.3) is 11.6 Å². The number of nitro groups is 1. The fraction of sp³-hybridized carbons (Fsp3) is 0.250. The van der Waals surface area contributed by atoms with Gasteiger partial charge < -0.3 is 9.64 Å². The molecule has 1 amide bonds. The second-order valence-electron chi connectivity index (χ2n) is 6.77. The monoisotopic (exact) mass is 412 g/mol. The summed E-state index contributed by atoms with van der Waals surface area (Å²) < 4.78 is 6.05. The van der Waals surface area contributed by atoms with Crippen molar-refractivity contribution in [3.63, 3.8) is 0 Å². The van der Waals surface area contributed by atoms with Crippen molar-refractivity contribution >= 4 is 34.0 Å². The zero-order valence-electron chi connectivity index (χ0n) is 15.3. The van der Waals surface area contributed by atoms with Crippen LogP contribution in [0.1, 0.15) is 23.2 Å². The van der Waals surface area contributed by atoms with Gasteiger partial charge in [0.1, 0.15) is 6.10 Å². The molecule has 1 aromatic heterocycles. The number of nitro benzene ring substituents is 1. The lowest BCUT2D eigenvalue weighted by atomic mass is 10.1. The van der Waals surface area contributed by atoms with E-state index in [0.29, 0.717) is 31.8 Å². The number of aromatic nitrogens is 2. The van der Waals surface area contributed by atoms with E-state index in [1.54, 1.807) is 11.1 Å². The molecule has 29 heavy (non-hydrogen) atoms. The first-order valence-electron chi connectivity index (χ1n) is 9.13. The zero-order valence-corrected chi connectivity index (χ0v) is 16.1. The number of fused-ring (bicyclic) bond motifs is 1. The standard InChI is InChI=1S/C20H17ClN4O4/c21-18-6-5-14(25(27)28)11-17(18)20(26)24-9-7-15(8-10-24)29-19-16-4-2-1-3-13(16)12-22-23-19/h1-6,11-12,15H,7-10H2. The van der Waals surface area contributed by atoms with Crippen LogP contribution in [0.2, 0.25) is 5.02 Å². The van der Waals surface area contributed by atoms with Crippen molar-refractivity contribution in [1.29, 1.82) is 0 Å². The third-order valence-corrected chi connectivity index (χ3v) is 5.26. The molecule has 0 radical (unpaired) electrons. The number of non-ortho nitro benzene ring substituents is 1. The molecule has 0 spiro atoms. The van der Waals surface area contributed by atoms with Gasteiger partial charge in [0, 0.05) is 48.8 Å². The van der Waals surface area contributed by atoms with Crippen LogP contribution < -0.4 is 4.74 Å². The van der Waals surface area contributed by atoms with E-state index in [9.17, 15) is 14.9 Å². The number of rotatable bonds is 4. The molecule has 1 saturated heterocycles. The van der Waals surface area contributed by atoms with Crippen LogP contribution in [0.25, 0.3) is 10.8 Å². The molecule has 1 aliphatic rings. The Kier molecular flexibility index (Phi) is 5.26. The Morgan fingerprint density at radius 2 is 1.97 bits per heavy atom. The van der Waals surface area contributed by atoms with Crippen molar-refractivity contribution in [2.24, 2.45) is 0 Å². The van der Waals surface area contributed by atoms with E-state index in [0.717, 1.165) is 10.8 Å². The smallest absolute Gasteiger partial charge is 0.270 e. The maximum absolute atomic E-state index is 12.8. The minimum Gasteiger partial charge on any atom is -0.473 e. The van der Waals surface area contributed by atoms with E-state index < -0.39 is 4.92 Å². The van der Waals surface area contributed by atoms with E-state index in [1.807, 2.05) is 24.3 Å². The minimum absolute atomic E-state index is 0.0975. The fourth-order valence-electron chi connectivity index (χ4n) is 3.38. The maximum Gasteiger partial charge on any atom is 0.270 e. The van der Waals surface area contributed by atoms with Crippen LogP contribution in [-0.2, 0) is 0 Å². The molecule has 4 rings (SSSR count). The van der Waals surface area contributed by atoms with Gasteiger partial charge in [-0.25, -0.2) is 0 Å². The number of hydrogen-bond acceptors (Lipinski definition) is 6. The third-order valence-electron chi connectivity index (χ3n) is 4.94. The molecule has 1 fully saturated rings. The van der Waals surface area contributed by atoms with Crippen molar-refractivity contribution in [2.45, 2.75) is 18.9 Å². The number of benzene rings is 2. The highest BCUT2D eigenvalue weighted by molar-refractivity contribution is 6.33. The second kappa shape index (κ2) is 8.00. The van der Waals surface area contributed by atoms with Gasteiger partial charge in [0.15, 0.2) is 0 Å². The van der Waals surface area contributed by atoms with Crippen LogP contribution in [0.3, 0.4) is 0 Å². The molecule has 9 heteroatoms.